The summed E-state index contributed by atoms with van der Waals surface area (Å²) >= 11 is 35.2. The fraction of sp³-hybridized carbons (Fsp3) is 0.467. The zero-order valence-electron chi connectivity index (χ0n) is 13.5. The molecule has 0 saturated heterocycles. The average molecular weight is 466 g/mol. The van der Waals surface area contributed by atoms with Crippen molar-refractivity contribution >= 4 is 81.3 Å². The van der Waals surface area contributed by atoms with Crippen molar-refractivity contribution in [2.75, 3.05) is 0 Å². The zero-order valence-corrected chi connectivity index (χ0v) is 18.0. The molecule has 0 amide bonds. The molecule has 10 heteroatoms. The molecule has 0 spiro atoms. The topological polar surface area (TPSA) is 49.9 Å². The van der Waals surface area contributed by atoms with Crippen LogP contribution in [0.5, 0.6) is 0 Å². The van der Waals surface area contributed by atoms with Crippen LogP contribution in [0.3, 0.4) is 0 Å². The van der Waals surface area contributed by atoms with E-state index in [1.165, 1.54) is 0 Å². The van der Waals surface area contributed by atoms with E-state index in [9.17, 15) is 0 Å². The van der Waals surface area contributed by atoms with Gasteiger partial charge in [0.05, 0.1) is 6.26 Å². The third kappa shape index (κ3) is 5.95. The van der Waals surface area contributed by atoms with Crippen molar-refractivity contribution in [2.24, 2.45) is 9.98 Å². The van der Waals surface area contributed by atoms with Crippen LogP contribution in [-0.2, 0) is 11.8 Å². The number of aliphatic imine (C=N–C) groups is 2. The maximum Gasteiger partial charge on any atom is 0.250 e. The molecule has 1 N–H and O–H groups in total. The first-order valence-electron chi connectivity index (χ1n) is 7.13. The predicted molar refractivity (Wildman–Crippen MR) is 108 cm³/mol. The fourth-order valence-electron chi connectivity index (χ4n) is 1.87. The summed E-state index contributed by atoms with van der Waals surface area (Å²) in [4.78, 5) is 8.13. The number of hydrogen-bond donors (Lipinski definition) is 1. The summed E-state index contributed by atoms with van der Waals surface area (Å²) in [6.07, 6.45) is 3.97. The minimum absolute atomic E-state index is 0.00245. The number of amidine groups is 2. The van der Waals surface area contributed by atoms with Gasteiger partial charge in [-0.3, -0.25) is 0 Å². The van der Waals surface area contributed by atoms with E-state index in [0.717, 1.165) is 11.3 Å². The molecule has 0 fully saturated rings. The molecule has 1 aliphatic heterocycles. The molecule has 0 aliphatic carbocycles. The van der Waals surface area contributed by atoms with E-state index in [2.05, 4.69) is 36.1 Å². The first-order chi connectivity index (χ1) is 11.3. The van der Waals surface area contributed by atoms with Gasteiger partial charge in [-0.15, -0.1) is 0 Å². The van der Waals surface area contributed by atoms with Crippen LogP contribution < -0.4 is 5.32 Å². The standard InChI is InChI=1S/C15H15Cl6N3O/c1-13(2,3)9-6-8(7-25-9)4-5-10-22-11(14(16,17)18)24-12(23-10)15(19,20)21/h5-7H,4H2,1-3H3,(H,22,23,24). The molecule has 0 aromatic carbocycles. The van der Waals surface area contributed by atoms with Gasteiger partial charge in [-0.1, -0.05) is 90.4 Å². The van der Waals surface area contributed by atoms with Gasteiger partial charge < -0.3 is 9.73 Å². The van der Waals surface area contributed by atoms with Gasteiger partial charge in [0.15, 0.2) is 11.7 Å². The summed E-state index contributed by atoms with van der Waals surface area (Å²) in [7, 11) is 0. The molecule has 1 aliphatic rings. The molecular weight excluding hydrogens is 451 g/mol. The molecule has 1 aromatic heterocycles. The van der Waals surface area contributed by atoms with Crippen molar-refractivity contribution in [3.05, 3.63) is 35.6 Å². The van der Waals surface area contributed by atoms with Crippen LogP contribution in [0, 0.1) is 0 Å². The summed E-state index contributed by atoms with van der Waals surface area (Å²) in [5, 5.41) is 2.82. The molecule has 1 aromatic rings. The van der Waals surface area contributed by atoms with Gasteiger partial charge in [-0.2, -0.15) is 0 Å². The summed E-state index contributed by atoms with van der Waals surface area (Å²) in [6.45, 7) is 6.20. The van der Waals surface area contributed by atoms with Gasteiger partial charge in [0.25, 0.3) is 0 Å². The first-order valence-corrected chi connectivity index (χ1v) is 9.40. The Hall–Kier alpha value is -0.100. The molecule has 2 heterocycles. The van der Waals surface area contributed by atoms with Crippen LogP contribution in [0.15, 0.2) is 38.6 Å². The van der Waals surface area contributed by atoms with Crippen molar-refractivity contribution in [1.82, 2.24) is 5.32 Å². The Morgan fingerprint density at radius 3 is 2.16 bits per heavy atom. The minimum atomic E-state index is -1.85. The van der Waals surface area contributed by atoms with Gasteiger partial charge in [0, 0.05) is 5.41 Å². The Bertz CT molecular complexity index is 732. The summed E-state index contributed by atoms with van der Waals surface area (Å²) in [5.41, 5.74) is 0.882. The summed E-state index contributed by atoms with van der Waals surface area (Å²) < 4.78 is 1.92. The third-order valence-corrected chi connectivity index (χ3v) is 4.18. The van der Waals surface area contributed by atoms with Gasteiger partial charge in [0.2, 0.25) is 7.59 Å². The number of furan rings is 1. The Morgan fingerprint density at radius 1 is 1.04 bits per heavy atom. The van der Waals surface area contributed by atoms with Crippen LogP contribution >= 0.6 is 69.6 Å². The molecule has 25 heavy (non-hydrogen) atoms. The number of nitrogens with zero attached hydrogens (tertiary/aromatic N) is 2. The van der Waals surface area contributed by atoms with Crippen molar-refractivity contribution in [2.45, 2.75) is 40.2 Å². The molecule has 0 radical (unpaired) electrons. The lowest BCUT2D eigenvalue weighted by Gasteiger charge is -2.23. The fourth-order valence-corrected chi connectivity index (χ4v) is 2.39. The highest BCUT2D eigenvalue weighted by Gasteiger charge is 2.36. The molecule has 4 nitrogen and oxygen atoms in total. The second-order valence-electron chi connectivity index (χ2n) is 6.38. The Labute approximate surface area is 176 Å². The molecule has 2 rings (SSSR count). The van der Waals surface area contributed by atoms with Crippen molar-refractivity contribution in [3.63, 3.8) is 0 Å². The second-order valence-corrected chi connectivity index (χ2v) is 10.9. The number of halogens is 6. The molecule has 138 valence electrons. The lowest BCUT2D eigenvalue weighted by molar-refractivity contribution is 0.409. The van der Waals surface area contributed by atoms with E-state index in [0.29, 0.717) is 12.2 Å². The lowest BCUT2D eigenvalue weighted by atomic mass is 9.93. The lowest BCUT2D eigenvalue weighted by Crippen LogP contribution is -2.39. The van der Waals surface area contributed by atoms with E-state index >= 15 is 0 Å². The van der Waals surface area contributed by atoms with Crippen LogP contribution in [0.25, 0.3) is 0 Å². The van der Waals surface area contributed by atoms with Crippen LogP contribution in [-0.4, -0.2) is 19.3 Å². The number of rotatable bonds is 2. The number of nitrogens with one attached hydrogen (secondary N) is 1. The maximum atomic E-state index is 5.87. The average Bonchev–Trinajstić information content (AvgIpc) is 2.92. The van der Waals surface area contributed by atoms with Gasteiger partial charge in [-0.05, 0) is 24.1 Å². The molecule has 0 atom stereocenters. The smallest absolute Gasteiger partial charge is 0.250 e. The number of alkyl halides is 6. The van der Waals surface area contributed by atoms with Crippen molar-refractivity contribution in [1.29, 1.82) is 0 Å². The highest BCUT2D eigenvalue weighted by Crippen LogP contribution is 2.34. The third-order valence-electron chi connectivity index (χ3n) is 3.14. The van der Waals surface area contributed by atoms with E-state index in [1.54, 1.807) is 12.3 Å². The molecule has 0 saturated carbocycles. The second kappa shape index (κ2) is 7.49. The molecule has 0 unspecified atom stereocenters. The minimum Gasteiger partial charge on any atom is -0.468 e. The van der Waals surface area contributed by atoms with E-state index < -0.39 is 7.59 Å². The van der Waals surface area contributed by atoms with Gasteiger partial charge in [-0.25, -0.2) is 9.98 Å². The van der Waals surface area contributed by atoms with E-state index in [1.807, 2.05) is 6.07 Å². The highest BCUT2D eigenvalue weighted by molar-refractivity contribution is 6.79. The van der Waals surface area contributed by atoms with Crippen molar-refractivity contribution < 1.29 is 4.42 Å². The van der Waals surface area contributed by atoms with Crippen LogP contribution in [0.2, 0.25) is 0 Å². The Morgan fingerprint density at radius 2 is 1.68 bits per heavy atom. The normalized spacial score (nSPS) is 18.0. The number of allylic oxidation sites excluding steroid dienone is 1. The van der Waals surface area contributed by atoms with E-state index in [-0.39, 0.29) is 17.1 Å². The van der Waals surface area contributed by atoms with Crippen LogP contribution in [0.1, 0.15) is 32.1 Å². The van der Waals surface area contributed by atoms with Crippen molar-refractivity contribution in [3.8, 4) is 0 Å². The van der Waals surface area contributed by atoms with Crippen LogP contribution in [0.4, 0.5) is 0 Å². The SMILES string of the molecule is CC(C)(C)c1cc(CC=C2N=C(C(Cl)(Cl)Cl)N=C(C(Cl)(Cl)Cl)N2)co1. The summed E-state index contributed by atoms with van der Waals surface area (Å²) in [6, 6.07) is 1.98. The maximum absolute atomic E-state index is 5.87. The Kier molecular flexibility index (Phi) is 6.35. The first kappa shape index (κ1) is 21.2. The summed E-state index contributed by atoms with van der Waals surface area (Å²) in [5.74, 6) is 1.15. The van der Waals surface area contributed by atoms with Gasteiger partial charge in [0.1, 0.15) is 11.6 Å². The molecular formula is C15H15Cl6N3O. The quantitative estimate of drug-likeness (QED) is 0.536. The largest absolute Gasteiger partial charge is 0.468 e. The zero-order chi connectivity index (χ0) is 19.0. The highest BCUT2D eigenvalue weighted by atomic mass is 35.6. The predicted octanol–water partition coefficient (Wildman–Crippen LogP) is 6.10. The van der Waals surface area contributed by atoms with E-state index in [4.69, 9.17) is 74.0 Å². The molecule has 0 bridgehead atoms. The van der Waals surface area contributed by atoms with Gasteiger partial charge >= 0.3 is 0 Å². The monoisotopic (exact) mass is 463 g/mol. The Balaban J connectivity index is 2.26. The number of hydrogen-bond acceptors (Lipinski definition) is 4.